The minimum atomic E-state index is -0.539. The van der Waals surface area contributed by atoms with Gasteiger partial charge in [-0.05, 0) is 31.6 Å². The van der Waals surface area contributed by atoms with Crippen molar-refractivity contribution in [1.82, 2.24) is 4.90 Å². The van der Waals surface area contributed by atoms with E-state index >= 15 is 0 Å². The molecule has 0 bridgehead atoms. The number of rotatable bonds is 8. The third kappa shape index (κ3) is 4.58. The summed E-state index contributed by atoms with van der Waals surface area (Å²) in [5.41, 5.74) is 12.3. The van der Waals surface area contributed by atoms with Crippen LogP contribution in [0.25, 0.3) is 0 Å². The quantitative estimate of drug-likeness (QED) is 0.642. The van der Waals surface area contributed by atoms with Gasteiger partial charge < -0.3 is 21.7 Å². The van der Waals surface area contributed by atoms with Crippen molar-refractivity contribution in [1.29, 1.82) is 0 Å². The number of amides is 1. The highest BCUT2D eigenvalue weighted by Crippen LogP contribution is 2.28. The first-order valence-corrected chi connectivity index (χ1v) is 7.22. The number of nitrogen functional groups attached to an aromatic ring is 1. The fourth-order valence-electron chi connectivity index (χ4n) is 2.08. The Morgan fingerprint density at radius 3 is 2.60 bits per heavy atom. The maximum Gasteiger partial charge on any atom is 0.250 e. The molecule has 1 aromatic rings. The fraction of sp³-hybridized carbons (Fsp3) is 0.500. The fourth-order valence-corrected chi connectivity index (χ4v) is 2.38. The monoisotopic (exact) mass is 298 g/mol. The Bertz CT molecular complexity index is 465. The topological polar surface area (TPSA) is 84.4 Å². The summed E-state index contributed by atoms with van der Waals surface area (Å²) in [6.45, 7) is 7.89. The van der Waals surface area contributed by atoms with E-state index in [2.05, 4.69) is 24.1 Å². The van der Waals surface area contributed by atoms with Crippen molar-refractivity contribution in [2.75, 3.05) is 37.2 Å². The third-order valence-corrected chi connectivity index (χ3v) is 3.39. The summed E-state index contributed by atoms with van der Waals surface area (Å²) >= 11 is 6.13. The van der Waals surface area contributed by atoms with Gasteiger partial charge in [0.15, 0.2) is 0 Å². The van der Waals surface area contributed by atoms with Crippen LogP contribution in [0, 0.1) is 0 Å². The van der Waals surface area contributed by atoms with Crippen LogP contribution in [0.15, 0.2) is 12.1 Å². The van der Waals surface area contributed by atoms with E-state index in [9.17, 15) is 4.79 Å². The second kappa shape index (κ2) is 7.97. The van der Waals surface area contributed by atoms with Crippen LogP contribution in [0.4, 0.5) is 11.4 Å². The molecule has 6 heteroatoms. The van der Waals surface area contributed by atoms with Crippen LogP contribution in [-0.2, 0) is 0 Å². The molecule has 0 aliphatic heterocycles. The number of primary amides is 1. The van der Waals surface area contributed by atoms with Gasteiger partial charge in [0.05, 0.1) is 16.3 Å². The molecule has 0 aliphatic carbocycles. The Morgan fingerprint density at radius 2 is 2.05 bits per heavy atom. The lowest BCUT2D eigenvalue weighted by molar-refractivity contribution is 0.100. The lowest BCUT2D eigenvalue weighted by atomic mass is 10.1. The van der Waals surface area contributed by atoms with Crippen molar-refractivity contribution >= 4 is 28.9 Å². The van der Waals surface area contributed by atoms with Gasteiger partial charge in [0.25, 0.3) is 5.91 Å². The van der Waals surface area contributed by atoms with Crippen molar-refractivity contribution in [2.45, 2.75) is 20.3 Å². The number of benzene rings is 1. The second-order valence-corrected chi connectivity index (χ2v) is 5.06. The SMILES string of the molecule is CCCN(CC)CCNc1c(Cl)cc(N)cc1C(N)=O. The van der Waals surface area contributed by atoms with Crippen LogP contribution in [0.3, 0.4) is 0 Å². The molecule has 0 radical (unpaired) electrons. The minimum absolute atomic E-state index is 0.327. The number of nitrogens with two attached hydrogens (primary N) is 2. The highest BCUT2D eigenvalue weighted by molar-refractivity contribution is 6.34. The predicted molar refractivity (Wildman–Crippen MR) is 85.3 cm³/mol. The summed E-state index contributed by atoms with van der Waals surface area (Å²) < 4.78 is 0. The summed E-state index contributed by atoms with van der Waals surface area (Å²) in [7, 11) is 0. The Hall–Kier alpha value is -1.46. The second-order valence-electron chi connectivity index (χ2n) is 4.65. The van der Waals surface area contributed by atoms with Crippen LogP contribution in [-0.4, -0.2) is 37.0 Å². The molecule has 0 heterocycles. The van der Waals surface area contributed by atoms with Gasteiger partial charge in [0, 0.05) is 18.8 Å². The van der Waals surface area contributed by atoms with Crippen LogP contribution in [0.2, 0.25) is 5.02 Å². The summed E-state index contributed by atoms with van der Waals surface area (Å²) in [6, 6.07) is 3.15. The molecule has 0 saturated heterocycles. The van der Waals surface area contributed by atoms with Gasteiger partial charge in [0.2, 0.25) is 0 Å². The van der Waals surface area contributed by atoms with Gasteiger partial charge in [-0.15, -0.1) is 0 Å². The third-order valence-electron chi connectivity index (χ3n) is 3.09. The average molecular weight is 299 g/mol. The number of anilines is 2. The molecule has 0 aromatic heterocycles. The molecule has 20 heavy (non-hydrogen) atoms. The Balaban J connectivity index is 2.74. The first kappa shape index (κ1) is 16.6. The molecule has 0 aliphatic rings. The van der Waals surface area contributed by atoms with E-state index in [1.807, 2.05) is 0 Å². The van der Waals surface area contributed by atoms with Crippen molar-refractivity contribution < 1.29 is 4.79 Å². The van der Waals surface area contributed by atoms with E-state index in [1.54, 1.807) is 12.1 Å². The van der Waals surface area contributed by atoms with E-state index in [4.69, 9.17) is 23.1 Å². The number of carbonyl (C=O) groups excluding carboxylic acids is 1. The highest BCUT2D eigenvalue weighted by Gasteiger charge is 2.13. The minimum Gasteiger partial charge on any atom is -0.399 e. The maximum absolute atomic E-state index is 11.4. The van der Waals surface area contributed by atoms with Crippen LogP contribution >= 0.6 is 11.6 Å². The highest BCUT2D eigenvalue weighted by atomic mass is 35.5. The van der Waals surface area contributed by atoms with Crippen molar-refractivity contribution in [3.05, 3.63) is 22.7 Å². The first-order chi connectivity index (χ1) is 9.49. The molecule has 112 valence electrons. The van der Waals surface area contributed by atoms with Crippen molar-refractivity contribution in [2.24, 2.45) is 5.73 Å². The number of hydrogen-bond donors (Lipinski definition) is 3. The zero-order valence-electron chi connectivity index (χ0n) is 12.1. The molecule has 0 unspecified atom stereocenters. The molecular formula is C14H23ClN4O. The molecule has 0 fully saturated rings. The predicted octanol–water partition coefficient (Wildman–Crippen LogP) is 2.16. The summed E-state index contributed by atoms with van der Waals surface area (Å²) in [4.78, 5) is 13.8. The Morgan fingerprint density at radius 1 is 1.35 bits per heavy atom. The molecular weight excluding hydrogens is 276 g/mol. The number of halogens is 1. The van der Waals surface area contributed by atoms with Gasteiger partial charge in [0.1, 0.15) is 0 Å². The van der Waals surface area contributed by atoms with E-state index in [0.29, 0.717) is 28.5 Å². The molecule has 1 aromatic carbocycles. The van der Waals surface area contributed by atoms with Crippen LogP contribution < -0.4 is 16.8 Å². The zero-order chi connectivity index (χ0) is 15.1. The molecule has 1 rings (SSSR count). The summed E-state index contributed by atoms with van der Waals surface area (Å²) in [5.74, 6) is -0.539. The molecule has 5 nitrogen and oxygen atoms in total. The van der Waals surface area contributed by atoms with E-state index in [-0.39, 0.29) is 0 Å². The Labute approximate surface area is 125 Å². The van der Waals surface area contributed by atoms with Gasteiger partial charge in [-0.25, -0.2) is 0 Å². The van der Waals surface area contributed by atoms with Crippen LogP contribution in [0.1, 0.15) is 30.6 Å². The standard InChI is InChI=1S/C14H23ClN4O/c1-3-6-19(4-2)7-5-18-13-11(14(17)20)8-10(16)9-12(13)15/h8-9,18H,3-7,16H2,1-2H3,(H2,17,20). The lowest BCUT2D eigenvalue weighted by Crippen LogP contribution is -2.30. The van der Waals surface area contributed by atoms with Crippen molar-refractivity contribution in [3.63, 3.8) is 0 Å². The summed E-state index contributed by atoms with van der Waals surface area (Å²) in [5, 5.41) is 3.60. The number of nitrogens with one attached hydrogen (secondary N) is 1. The molecule has 0 atom stereocenters. The lowest BCUT2D eigenvalue weighted by Gasteiger charge is -2.21. The molecule has 1 amide bonds. The zero-order valence-corrected chi connectivity index (χ0v) is 12.8. The number of hydrogen-bond acceptors (Lipinski definition) is 4. The van der Waals surface area contributed by atoms with E-state index < -0.39 is 5.91 Å². The normalized spacial score (nSPS) is 10.8. The maximum atomic E-state index is 11.4. The number of likely N-dealkylation sites (N-methyl/N-ethyl adjacent to an activating group) is 1. The summed E-state index contributed by atoms with van der Waals surface area (Å²) in [6.07, 6.45) is 1.11. The number of carbonyl (C=O) groups is 1. The van der Waals surface area contributed by atoms with Gasteiger partial charge in [-0.2, -0.15) is 0 Å². The van der Waals surface area contributed by atoms with Crippen LogP contribution in [0.5, 0.6) is 0 Å². The van der Waals surface area contributed by atoms with E-state index in [0.717, 1.165) is 26.1 Å². The smallest absolute Gasteiger partial charge is 0.250 e. The largest absolute Gasteiger partial charge is 0.399 e. The van der Waals surface area contributed by atoms with Crippen molar-refractivity contribution in [3.8, 4) is 0 Å². The molecule has 5 N–H and O–H groups in total. The van der Waals surface area contributed by atoms with Gasteiger partial charge in [-0.1, -0.05) is 25.4 Å². The van der Waals surface area contributed by atoms with E-state index in [1.165, 1.54) is 0 Å². The van der Waals surface area contributed by atoms with Gasteiger partial charge in [-0.3, -0.25) is 4.79 Å². The molecule has 0 spiro atoms. The number of nitrogens with zero attached hydrogens (tertiary/aromatic N) is 1. The average Bonchev–Trinajstić information content (AvgIpc) is 2.39. The van der Waals surface area contributed by atoms with Gasteiger partial charge >= 0.3 is 0 Å². The Kier molecular flexibility index (Phi) is 6.61. The first-order valence-electron chi connectivity index (χ1n) is 6.84. The molecule has 0 saturated carbocycles.